The molecule has 4 rings (SSSR count). The molecule has 156 valence electrons. The highest BCUT2D eigenvalue weighted by atomic mass is 16.5. The number of hydrogen-bond acceptors (Lipinski definition) is 5. The van der Waals surface area contributed by atoms with E-state index in [1.165, 1.54) is 17.3 Å². The van der Waals surface area contributed by atoms with Crippen LogP contribution in [0.2, 0.25) is 0 Å². The molecule has 1 fully saturated rings. The zero-order valence-corrected chi connectivity index (χ0v) is 17.3. The number of nitrogens with zero attached hydrogens (tertiary/aromatic N) is 2. The summed E-state index contributed by atoms with van der Waals surface area (Å²) in [7, 11) is 1.55. The third-order valence-corrected chi connectivity index (χ3v) is 5.43. The number of rotatable bonds is 5. The summed E-state index contributed by atoms with van der Waals surface area (Å²) < 4.78 is 5.34. The summed E-state index contributed by atoms with van der Waals surface area (Å²) in [5.74, 6) is -1.07. The summed E-state index contributed by atoms with van der Waals surface area (Å²) in [5, 5.41) is 11.0. The van der Waals surface area contributed by atoms with E-state index < -0.39 is 17.7 Å². The van der Waals surface area contributed by atoms with E-state index >= 15 is 0 Å². The fraction of sp³-hybridized carbons (Fsp3) is 0.160. The van der Waals surface area contributed by atoms with E-state index in [1.54, 1.807) is 37.4 Å². The summed E-state index contributed by atoms with van der Waals surface area (Å²) in [5.41, 5.74) is 2.82. The molecular formula is C25H22N2O4. The van der Waals surface area contributed by atoms with Crippen LogP contribution in [0, 0.1) is 0 Å². The maximum Gasteiger partial charge on any atom is 0.300 e. The molecule has 1 N–H and O–H groups in total. The number of Topliss-reactive ketones (excluding diaryl/α,β-unsaturated/α-hetero) is 1. The van der Waals surface area contributed by atoms with E-state index in [2.05, 4.69) is 4.98 Å². The Labute approximate surface area is 180 Å². The van der Waals surface area contributed by atoms with Gasteiger partial charge in [-0.2, -0.15) is 0 Å². The second-order valence-corrected chi connectivity index (χ2v) is 7.20. The van der Waals surface area contributed by atoms with Gasteiger partial charge in [-0.15, -0.1) is 0 Å². The van der Waals surface area contributed by atoms with Gasteiger partial charge in [0.25, 0.3) is 11.7 Å². The standard InChI is InChI=1S/C25H22N2O4/c1-3-16-7-9-19(10-8-16)27-22(18-5-4-6-20(15-18)31-2)21(24(29)25(27)30)23(28)17-11-13-26-14-12-17/h4-15,22,28H,3H2,1-2H3/b23-21-. The van der Waals surface area contributed by atoms with Crippen molar-refractivity contribution in [2.45, 2.75) is 19.4 Å². The summed E-state index contributed by atoms with van der Waals surface area (Å²) in [6, 6.07) is 17.1. The monoisotopic (exact) mass is 414 g/mol. The van der Waals surface area contributed by atoms with Gasteiger partial charge >= 0.3 is 0 Å². The van der Waals surface area contributed by atoms with Gasteiger partial charge in [-0.3, -0.25) is 19.5 Å². The van der Waals surface area contributed by atoms with Crippen molar-refractivity contribution >= 4 is 23.1 Å². The summed E-state index contributed by atoms with van der Waals surface area (Å²) in [6.45, 7) is 2.05. The predicted molar refractivity (Wildman–Crippen MR) is 118 cm³/mol. The van der Waals surface area contributed by atoms with Crippen LogP contribution in [-0.2, 0) is 16.0 Å². The normalized spacial score (nSPS) is 17.7. The van der Waals surface area contributed by atoms with Crippen LogP contribution in [0.25, 0.3) is 5.76 Å². The van der Waals surface area contributed by atoms with Crippen molar-refractivity contribution in [3.8, 4) is 5.75 Å². The molecule has 3 aromatic rings. The molecule has 0 aliphatic carbocycles. The summed E-state index contributed by atoms with van der Waals surface area (Å²) >= 11 is 0. The van der Waals surface area contributed by atoms with Gasteiger partial charge in [0.05, 0.1) is 18.7 Å². The van der Waals surface area contributed by atoms with Crippen LogP contribution >= 0.6 is 0 Å². The number of hydrogen-bond donors (Lipinski definition) is 1. The number of aliphatic hydroxyl groups excluding tert-OH is 1. The van der Waals surface area contributed by atoms with Gasteiger partial charge in [0.1, 0.15) is 11.5 Å². The molecule has 1 aromatic heterocycles. The molecule has 6 nitrogen and oxygen atoms in total. The Morgan fingerprint density at radius 3 is 2.42 bits per heavy atom. The SMILES string of the molecule is CCc1ccc(N2C(=O)C(=O)/C(=C(\O)c3ccncc3)C2c2cccc(OC)c2)cc1. The van der Waals surface area contributed by atoms with E-state index in [9.17, 15) is 14.7 Å². The van der Waals surface area contributed by atoms with Gasteiger partial charge in [0.2, 0.25) is 0 Å². The molecule has 0 radical (unpaired) electrons. The predicted octanol–water partition coefficient (Wildman–Crippen LogP) is 4.28. The van der Waals surface area contributed by atoms with Crippen LogP contribution in [0.3, 0.4) is 0 Å². The maximum atomic E-state index is 13.1. The lowest BCUT2D eigenvalue weighted by Crippen LogP contribution is -2.29. The fourth-order valence-electron chi connectivity index (χ4n) is 3.78. The number of ketones is 1. The first-order valence-electron chi connectivity index (χ1n) is 9.99. The Morgan fingerprint density at radius 2 is 1.77 bits per heavy atom. The third kappa shape index (κ3) is 3.68. The molecular weight excluding hydrogens is 392 g/mol. The Morgan fingerprint density at radius 1 is 1.06 bits per heavy atom. The summed E-state index contributed by atoms with van der Waals surface area (Å²) in [4.78, 5) is 31.6. The van der Waals surface area contributed by atoms with Crippen molar-refractivity contribution in [1.29, 1.82) is 0 Å². The molecule has 1 aliphatic rings. The van der Waals surface area contributed by atoms with Crippen LogP contribution in [0.5, 0.6) is 5.75 Å². The van der Waals surface area contributed by atoms with Crippen LogP contribution in [-0.4, -0.2) is 28.9 Å². The number of aliphatic hydroxyl groups is 1. The van der Waals surface area contributed by atoms with Crippen LogP contribution in [0.1, 0.15) is 29.7 Å². The smallest absolute Gasteiger partial charge is 0.300 e. The van der Waals surface area contributed by atoms with Gasteiger partial charge in [-0.1, -0.05) is 31.2 Å². The first-order chi connectivity index (χ1) is 15.0. The third-order valence-electron chi connectivity index (χ3n) is 5.43. The second-order valence-electron chi connectivity index (χ2n) is 7.20. The van der Waals surface area contributed by atoms with Crippen LogP contribution < -0.4 is 9.64 Å². The molecule has 1 saturated heterocycles. The number of pyridine rings is 1. The quantitative estimate of drug-likeness (QED) is 0.383. The number of anilines is 1. The lowest BCUT2D eigenvalue weighted by Gasteiger charge is -2.26. The van der Waals surface area contributed by atoms with Gasteiger partial charge in [0, 0.05) is 23.6 Å². The maximum absolute atomic E-state index is 13.1. The Hall–Kier alpha value is -3.93. The molecule has 1 aliphatic heterocycles. The number of aromatic nitrogens is 1. The summed E-state index contributed by atoms with van der Waals surface area (Å²) in [6.07, 6.45) is 3.91. The molecule has 2 heterocycles. The molecule has 0 spiro atoms. The molecule has 31 heavy (non-hydrogen) atoms. The molecule has 0 saturated carbocycles. The van der Waals surface area contributed by atoms with Crippen molar-refractivity contribution in [1.82, 2.24) is 4.98 Å². The highest BCUT2D eigenvalue weighted by molar-refractivity contribution is 6.51. The number of carbonyl (C=O) groups excluding carboxylic acids is 2. The van der Waals surface area contributed by atoms with Gasteiger partial charge < -0.3 is 9.84 Å². The molecule has 0 bridgehead atoms. The lowest BCUT2D eigenvalue weighted by molar-refractivity contribution is -0.132. The lowest BCUT2D eigenvalue weighted by atomic mass is 9.95. The van der Waals surface area contributed by atoms with Gasteiger partial charge in [-0.25, -0.2) is 0 Å². The van der Waals surface area contributed by atoms with Crippen molar-refractivity contribution in [2.75, 3.05) is 12.0 Å². The van der Waals surface area contributed by atoms with Crippen LogP contribution in [0.15, 0.2) is 78.6 Å². The first kappa shape index (κ1) is 20.3. The molecule has 6 heteroatoms. The largest absolute Gasteiger partial charge is 0.507 e. The van der Waals surface area contributed by atoms with E-state index in [1.807, 2.05) is 37.3 Å². The zero-order chi connectivity index (χ0) is 22.0. The topological polar surface area (TPSA) is 79.7 Å². The highest BCUT2D eigenvalue weighted by Gasteiger charge is 2.47. The average molecular weight is 414 g/mol. The Bertz CT molecular complexity index is 1150. The Kier molecular flexibility index (Phi) is 5.54. The van der Waals surface area contributed by atoms with Crippen molar-refractivity contribution in [2.24, 2.45) is 0 Å². The molecule has 2 aromatic carbocycles. The average Bonchev–Trinajstić information content (AvgIpc) is 3.09. The van der Waals surface area contributed by atoms with Crippen molar-refractivity contribution in [3.63, 3.8) is 0 Å². The molecule has 1 amide bonds. The minimum atomic E-state index is -0.796. The van der Waals surface area contributed by atoms with E-state index in [0.29, 0.717) is 22.6 Å². The second kappa shape index (κ2) is 8.44. The van der Waals surface area contributed by atoms with E-state index in [-0.39, 0.29) is 11.3 Å². The minimum Gasteiger partial charge on any atom is -0.507 e. The van der Waals surface area contributed by atoms with E-state index in [0.717, 1.165) is 12.0 Å². The first-order valence-corrected chi connectivity index (χ1v) is 9.99. The zero-order valence-electron chi connectivity index (χ0n) is 17.3. The van der Waals surface area contributed by atoms with Crippen LogP contribution in [0.4, 0.5) is 5.69 Å². The van der Waals surface area contributed by atoms with Gasteiger partial charge in [0.15, 0.2) is 0 Å². The Balaban J connectivity index is 1.93. The van der Waals surface area contributed by atoms with Crippen molar-refractivity contribution < 1.29 is 19.4 Å². The highest BCUT2D eigenvalue weighted by Crippen LogP contribution is 2.42. The molecule has 1 atom stereocenters. The van der Waals surface area contributed by atoms with E-state index in [4.69, 9.17) is 4.74 Å². The fourth-order valence-corrected chi connectivity index (χ4v) is 3.78. The number of carbonyl (C=O) groups is 2. The number of benzene rings is 2. The van der Waals surface area contributed by atoms with Gasteiger partial charge in [-0.05, 0) is 53.9 Å². The minimum absolute atomic E-state index is 0.0315. The molecule has 1 unspecified atom stereocenters. The number of amides is 1. The number of aryl methyl sites for hydroxylation is 1. The number of methoxy groups -OCH3 is 1. The van der Waals surface area contributed by atoms with Crippen molar-refractivity contribution in [3.05, 3.63) is 95.3 Å². The number of ether oxygens (including phenoxy) is 1.